The van der Waals surface area contributed by atoms with E-state index in [1.807, 2.05) is 0 Å². The lowest BCUT2D eigenvalue weighted by atomic mass is 9.98. The second kappa shape index (κ2) is 10.4. The van der Waals surface area contributed by atoms with Crippen LogP contribution in [0.1, 0.15) is 0 Å². The average molecular weight is 442 g/mol. The fourth-order valence-corrected chi connectivity index (χ4v) is 2.91. The van der Waals surface area contributed by atoms with Crippen LogP contribution < -0.4 is 22.3 Å². The molecule has 2 aliphatic heterocycles. The zero-order valence-electron chi connectivity index (χ0n) is 15.5. The molecule has 16 heteroatoms. The van der Waals surface area contributed by atoms with Crippen molar-refractivity contribution < 1.29 is 59.2 Å². The molecule has 6 unspecified atom stereocenters. The highest BCUT2D eigenvalue weighted by Crippen LogP contribution is 2.28. The molecule has 2 rings (SSSR count). The monoisotopic (exact) mass is 442 g/mol. The van der Waals surface area contributed by atoms with E-state index in [2.05, 4.69) is 10.1 Å². The summed E-state index contributed by atoms with van der Waals surface area (Å²) in [4.78, 5) is 21.9. The number of ether oxygens (including phenoxy) is 4. The Kier molecular flexibility index (Phi) is 8.50. The van der Waals surface area contributed by atoms with Gasteiger partial charge in [-0.2, -0.15) is 0 Å². The number of urea groups is 1. The lowest BCUT2D eigenvalue weighted by Gasteiger charge is -2.44. The number of aliphatic hydroxyl groups excluding tert-OH is 6. The molecule has 2 heterocycles. The minimum absolute atomic E-state index is 0.349. The fourth-order valence-electron chi connectivity index (χ4n) is 2.91. The van der Waals surface area contributed by atoms with Crippen molar-refractivity contribution in [1.29, 1.82) is 0 Å². The molecule has 2 fully saturated rings. The summed E-state index contributed by atoms with van der Waals surface area (Å²) < 4.78 is 20.4. The lowest BCUT2D eigenvalue weighted by Crippen LogP contribution is -2.64. The number of primary amides is 1. The number of nitrogens with one attached hydrogen (secondary N) is 2. The minimum atomic E-state index is -1.83. The van der Waals surface area contributed by atoms with Gasteiger partial charge in [-0.1, -0.05) is 0 Å². The Balaban J connectivity index is 2.06. The van der Waals surface area contributed by atoms with Gasteiger partial charge in [0.05, 0.1) is 0 Å². The molecule has 0 aromatic carbocycles. The van der Waals surface area contributed by atoms with Crippen LogP contribution in [0.4, 0.5) is 9.59 Å². The second-order valence-electron chi connectivity index (χ2n) is 6.65. The summed E-state index contributed by atoms with van der Waals surface area (Å²) in [6, 6.07) is -0.815. The summed E-state index contributed by atoms with van der Waals surface area (Å²) >= 11 is 0. The third-order valence-corrected chi connectivity index (χ3v) is 4.59. The van der Waals surface area contributed by atoms with Crippen molar-refractivity contribution in [3.63, 3.8) is 0 Å². The van der Waals surface area contributed by atoms with Gasteiger partial charge in [0, 0.05) is 6.54 Å². The van der Waals surface area contributed by atoms with Crippen molar-refractivity contribution in [2.75, 3.05) is 13.2 Å². The van der Waals surface area contributed by atoms with Gasteiger partial charge in [-0.15, -0.1) is 0 Å². The van der Waals surface area contributed by atoms with Gasteiger partial charge in [0.2, 0.25) is 0 Å². The maximum Gasteiger partial charge on any atom is 0.404 e. The number of carbonyl (C=O) groups excluding carboxylic acids is 2. The minimum Gasteiger partial charge on any atom is -0.447 e. The van der Waals surface area contributed by atoms with E-state index in [1.54, 1.807) is 5.43 Å². The van der Waals surface area contributed by atoms with Gasteiger partial charge in [-0.05, 0) is 0 Å². The predicted molar refractivity (Wildman–Crippen MR) is 90.7 cm³/mol. The Labute approximate surface area is 169 Å². The number of hydrogen-bond acceptors (Lipinski definition) is 13. The van der Waals surface area contributed by atoms with Crippen LogP contribution in [0, 0.1) is 0 Å². The molecular weight excluding hydrogens is 416 g/mol. The molecule has 30 heavy (non-hydrogen) atoms. The maximum atomic E-state index is 11.2. The summed E-state index contributed by atoms with van der Waals surface area (Å²) in [5, 5.41) is 62.4. The number of rotatable bonds is 6. The average Bonchev–Trinajstić information content (AvgIpc) is 2.71. The molecule has 0 radical (unpaired) electrons. The standard InChI is InChI=1S/C14H26N4O12/c15-13(25)27-2-4-6(20)8(22)10(24)12(29-4)30-11-9(23)7(21)5(19)3(28-11)1-17-14(26)18-16/h3-12,19-24H,1-2,16H2,(H2,15,25)(H2,17,18,26)/t3?,4?,5-,6-,7?,8?,9?,10?,11-,12-/m1/s1. The van der Waals surface area contributed by atoms with Crippen molar-refractivity contribution in [3.05, 3.63) is 0 Å². The summed E-state index contributed by atoms with van der Waals surface area (Å²) in [5.41, 5.74) is 6.61. The molecule has 174 valence electrons. The van der Waals surface area contributed by atoms with Crippen molar-refractivity contribution in [1.82, 2.24) is 10.7 Å². The van der Waals surface area contributed by atoms with Crippen molar-refractivity contribution in [2.45, 2.75) is 61.4 Å². The highest BCUT2D eigenvalue weighted by molar-refractivity contribution is 5.73. The highest BCUT2D eigenvalue weighted by atomic mass is 16.8. The number of hydrazine groups is 1. The molecule has 0 spiro atoms. The van der Waals surface area contributed by atoms with Crippen LogP contribution in [-0.4, -0.2) is 117 Å². The first-order valence-corrected chi connectivity index (χ1v) is 8.78. The summed E-state index contributed by atoms with van der Waals surface area (Å²) in [6.07, 6.45) is -17.7. The van der Waals surface area contributed by atoms with Gasteiger partial charge >= 0.3 is 12.1 Å². The second-order valence-corrected chi connectivity index (χ2v) is 6.65. The number of nitrogens with two attached hydrogens (primary N) is 2. The van der Waals surface area contributed by atoms with E-state index in [-0.39, 0.29) is 6.54 Å². The highest BCUT2D eigenvalue weighted by Gasteiger charge is 2.50. The van der Waals surface area contributed by atoms with Gasteiger partial charge < -0.3 is 60.6 Å². The van der Waals surface area contributed by atoms with E-state index in [4.69, 9.17) is 25.8 Å². The van der Waals surface area contributed by atoms with Crippen molar-refractivity contribution in [3.8, 4) is 0 Å². The van der Waals surface area contributed by atoms with E-state index in [0.717, 1.165) is 0 Å². The number of aliphatic hydroxyl groups is 6. The van der Waals surface area contributed by atoms with E-state index < -0.39 is 80.1 Å². The third-order valence-electron chi connectivity index (χ3n) is 4.59. The molecule has 0 aromatic heterocycles. The van der Waals surface area contributed by atoms with E-state index >= 15 is 0 Å². The molecule has 10 atom stereocenters. The zero-order chi connectivity index (χ0) is 22.6. The molecule has 0 aliphatic carbocycles. The molecule has 2 aliphatic rings. The van der Waals surface area contributed by atoms with Crippen molar-refractivity contribution in [2.24, 2.45) is 11.6 Å². The number of carbonyl (C=O) groups is 2. The SMILES string of the molecule is NNC(=O)NCC1O[C@H](O[C@H]2OC(COC(N)=O)[C@@H](O)C(O)C2O)C(O)C(O)[C@@H]1O. The van der Waals surface area contributed by atoms with Gasteiger partial charge in [0.1, 0.15) is 55.4 Å². The zero-order valence-corrected chi connectivity index (χ0v) is 15.5. The Morgan fingerprint density at radius 1 is 0.833 bits per heavy atom. The molecule has 2 saturated heterocycles. The first-order valence-electron chi connectivity index (χ1n) is 8.78. The van der Waals surface area contributed by atoms with Crippen LogP contribution >= 0.6 is 0 Å². The van der Waals surface area contributed by atoms with E-state index in [1.165, 1.54) is 0 Å². The summed E-state index contributed by atoms with van der Waals surface area (Å²) in [6.45, 7) is -0.936. The Morgan fingerprint density at radius 3 is 1.83 bits per heavy atom. The summed E-state index contributed by atoms with van der Waals surface area (Å²) in [7, 11) is 0. The third kappa shape index (κ3) is 5.64. The quantitative estimate of drug-likeness (QED) is 0.104. The largest absolute Gasteiger partial charge is 0.447 e. The van der Waals surface area contributed by atoms with Crippen LogP contribution in [0.3, 0.4) is 0 Å². The van der Waals surface area contributed by atoms with Crippen LogP contribution in [0.25, 0.3) is 0 Å². The van der Waals surface area contributed by atoms with E-state index in [0.29, 0.717) is 0 Å². The number of hydrogen-bond donors (Lipinski definition) is 10. The summed E-state index contributed by atoms with van der Waals surface area (Å²) in [5.74, 6) is 4.91. The van der Waals surface area contributed by atoms with E-state index in [9.17, 15) is 40.2 Å². The molecule has 3 amide bonds. The topological polar surface area (TPSA) is 269 Å². The Bertz CT molecular complexity index is 599. The van der Waals surface area contributed by atoms with Crippen LogP contribution in [0.15, 0.2) is 0 Å². The lowest BCUT2D eigenvalue weighted by molar-refractivity contribution is -0.374. The Morgan fingerprint density at radius 2 is 1.33 bits per heavy atom. The van der Waals surface area contributed by atoms with Gasteiger partial charge in [0.25, 0.3) is 0 Å². The molecule has 0 aromatic rings. The molecular formula is C14H26N4O12. The fraction of sp³-hybridized carbons (Fsp3) is 0.857. The Hall–Kier alpha value is -1.86. The first-order chi connectivity index (χ1) is 14.1. The number of amides is 3. The maximum absolute atomic E-state index is 11.2. The smallest absolute Gasteiger partial charge is 0.404 e. The molecule has 16 nitrogen and oxygen atoms in total. The van der Waals surface area contributed by atoms with Crippen molar-refractivity contribution >= 4 is 12.1 Å². The van der Waals surface area contributed by atoms with Crippen LogP contribution in [0.2, 0.25) is 0 Å². The van der Waals surface area contributed by atoms with Gasteiger partial charge in [-0.25, -0.2) is 15.4 Å². The molecule has 0 bridgehead atoms. The molecule has 0 saturated carbocycles. The first kappa shape index (κ1) is 24.4. The van der Waals surface area contributed by atoms with Gasteiger partial charge in [0.15, 0.2) is 12.6 Å². The van der Waals surface area contributed by atoms with Gasteiger partial charge in [-0.3, -0.25) is 5.43 Å². The predicted octanol–water partition coefficient (Wildman–Crippen LogP) is -6.11. The molecule has 12 N–H and O–H groups in total. The van der Waals surface area contributed by atoms with Crippen LogP contribution in [0.5, 0.6) is 0 Å². The normalized spacial score (nSPS) is 41.7. The van der Waals surface area contributed by atoms with Crippen LogP contribution in [-0.2, 0) is 18.9 Å².